The molecule has 0 aliphatic heterocycles. The Kier molecular flexibility index (Phi) is 16.5. The highest BCUT2D eigenvalue weighted by molar-refractivity contribution is 5.78. The molecule has 0 saturated carbocycles. The summed E-state index contributed by atoms with van der Waals surface area (Å²) in [5, 5.41) is 8.51. The zero-order valence-electron chi connectivity index (χ0n) is 15.2. The minimum absolute atomic E-state index is 0.260. The third-order valence-electron chi connectivity index (χ3n) is 3.73. The normalized spacial score (nSPS) is 11.9. The van der Waals surface area contributed by atoms with Crippen molar-refractivity contribution >= 4 is 11.8 Å². The summed E-state index contributed by atoms with van der Waals surface area (Å²) in [5.41, 5.74) is 0. The lowest BCUT2D eigenvalue weighted by Crippen LogP contribution is -1.96. The first kappa shape index (κ1) is 22.4. The summed E-state index contributed by atoms with van der Waals surface area (Å²) in [6.07, 6.45) is 23.0. The molecule has 0 radical (unpaired) electrons. The molecule has 1 N–H and O–H groups in total. The fourth-order valence-corrected chi connectivity index (χ4v) is 2.28. The number of carbonyl (C=O) groups excluding carboxylic acids is 1. The van der Waals surface area contributed by atoms with Crippen molar-refractivity contribution in [2.75, 3.05) is 0 Å². The fraction of sp³-hybridized carbons (Fsp3) is 0.619. The van der Waals surface area contributed by atoms with Crippen LogP contribution in [0, 0.1) is 0 Å². The minimum atomic E-state index is -0.719. The Morgan fingerprint density at radius 2 is 1.50 bits per heavy atom. The van der Waals surface area contributed by atoms with Crippen molar-refractivity contribution in [3.63, 3.8) is 0 Å². The molecule has 0 spiro atoms. The van der Waals surface area contributed by atoms with Gasteiger partial charge in [-0.05, 0) is 38.5 Å². The van der Waals surface area contributed by atoms with E-state index in [1.54, 1.807) is 0 Å². The molecule has 0 amide bonds. The third-order valence-corrected chi connectivity index (χ3v) is 3.73. The van der Waals surface area contributed by atoms with Crippen LogP contribution in [-0.4, -0.2) is 16.9 Å². The van der Waals surface area contributed by atoms with Gasteiger partial charge in [-0.3, -0.25) is 9.59 Å². The second-order valence-electron chi connectivity index (χ2n) is 6.09. The molecular formula is C21H34O3. The third kappa shape index (κ3) is 18.4. The Hall–Kier alpha value is -1.64. The zero-order chi connectivity index (χ0) is 17.9. The SMILES string of the molecule is CCCCCCC(=O)CC/C=C\C/C=C\C=C\CCCCC(=O)O. The average molecular weight is 335 g/mol. The molecule has 0 aromatic carbocycles. The number of hydrogen-bond donors (Lipinski definition) is 1. The topological polar surface area (TPSA) is 54.4 Å². The summed E-state index contributed by atoms with van der Waals surface area (Å²) >= 11 is 0. The summed E-state index contributed by atoms with van der Waals surface area (Å²) in [6, 6.07) is 0. The Morgan fingerprint density at radius 1 is 0.750 bits per heavy atom. The smallest absolute Gasteiger partial charge is 0.303 e. The van der Waals surface area contributed by atoms with E-state index in [1.807, 2.05) is 12.2 Å². The Balaban J connectivity index is 3.47. The van der Waals surface area contributed by atoms with Gasteiger partial charge in [-0.25, -0.2) is 0 Å². The zero-order valence-corrected chi connectivity index (χ0v) is 15.2. The van der Waals surface area contributed by atoms with E-state index in [4.69, 9.17) is 5.11 Å². The standard InChI is InChI=1S/C21H34O3/c1-2-3-4-14-17-20(22)18-15-12-10-8-6-5-7-9-11-13-16-19-21(23)24/h5-7,9-10,12H,2-4,8,11,13-19H2,1H3,(H,23,24)/b6-5-,9-7+,12-10-. The van der Waals surface area contributed by atoms with Gasteiger partial charge in [0, 0.05) is 19.3 Å². The number of ketones is 1. The van der Waals surface area contributed by atoms with Gasteiger partial charge in [0.1, 0.15) is 5.78 Å². The highest BCUT2D eigenvalue weighted by Gasteiger charge is 1.99. The summed E-state index contributed by atoms with van der Waals surface area (Å²) in [7, 11) is 0. The van der Waals surface area contributed by atoms with Gasteiger partial charge in [0.15, 0.2) is 0 Å². The van der Waals surface area contributed by atoms with Crippen molar-refractivity contribution in [3.8, 4) is 0 Å². The maximum absolute atomic E-state index is 11.6. The predicted octanol–water partition coefficient (Wildman–Crippen LogP) is 6.01. The average Bonchev–Trinajstić information content (AvgIpc) is 2.55. The van der Waals surface area contributed by atoms with Crippen molar-refractivity contribution in [2.45, 2.75) is 84.0 Å². The van der Waals surface area contributed by atoms with E-state index in [0.717, 1.165) is 44.9 Å². The maximum atomic E-state index is 11.6. The maximum Gasteiger partial charge on any atom is 0.303 e. The first-order valence-corrected chi connectivity index (χ1v) is 9.37. The van der Waals surface area contributed by atoms with Gasteiger partial charge in [0.25, 0.3) is 0 Å². The van der Waals surface area contributed by atoms with Gasteiger partial charge in [0.05, 0.1) is 0 Å². The van der Waals surface area contributed by atoms with Crippen LogP contribution in [0.15, 0.2) is 36.5 Å². The minimum Gasteiger partial charge on any atom is -0.481 e. The molecule has 24 heavy (non-hydrogen) atoms. The number of unbranched alkanes of at least 4 members (excludes halogenated alkanes) is 5. The quantitative estimate of drug-likeness (QED) is 0.214. The lowest BCUT2D eigenvalue weighted by molar-refractivity contribution is -0.137. The number of carboxylic acid groups (broad SMARTS) is 1. The van der Waals surface area contributed by atoms with Crippen LogP contribution in [0.3, 0.4) is 0 Å². The predicted molar refractivity (Wildman–Crippen MR) is 101 cm³/mol. The Labute approximate surface area is 147 Å². The summed E-state index contributed by atoms with van der Waals surface area (Å²) in [4.78, 5) is 22.0. The van der Waals surface area contributed by atoms with Crippen LogP contribution < -0.4 is 0 Å². The molecule has 0 aromatic rings. The number of Topliss-reactive ketones (excluding diaryl/α,β-unsaturated/α-hetero) is 1. The van der Waals surface area contributed by atoms with Crippen LogP contribution in [0.4, 0.5) is 0 Å². The molecule has 3 heteroatoms. The van der Waals surface area contributed by atoms with E-state index in [1.165, 1.54) is 19.3 Å². The monoisotopic (exact) mass is 334 g/mol. The molecular weight excluding hydrogens is 300 g/mol. The largest absolute Gasteiger partial charge is 0.481 e. The molecule has 0 aliphatic carbocycles. The van der Waals surface area contributed by atoms with Gasteiger partial charge in [-0.15, -0.1) is 0 Å². The number of carbonyl (C=O) groups is 2. The number of carboxylic acids is 1. The van der Waals surface area contributed by atoms with Crippen LogP contribution in [0.2, 0.25) is 0 Å². The van der Waals surface area contributed by atoms with Crippen molar-refractivity contribution < 1.29 is 14.7 Å². The highest BCUT2D eigenvalue weighted by Crippen LogP contribution is 2.06. The lowest BCUT2D eigenvalue weighted by Gasteiger charge is -1.98. The molecule has 0 unspecified atom stereocenters. The molecule has 0 saturated heterocycles. The summed E-state index contributed by atoms with van der Waals surface area (Å²) in [5.74, 6) is -0.332. The van der Waals surface area contributed by atoms with Gasteiger partial charge < -0.3 is 5.11 Å². The molecule has 0 aliphatic rings. The van der Waals surface area contributed by atoms with Crippen LogP contribution in [-0.2, 0) is 9.59 Å². The van der Waals surface area contributed by atoms with E-state index in [-0.39, 0.29) is 6.42 Å². The Morgan fingerprint density at radius 3 is 2.25 bits per heavy atom. The van der Waals surface area contributed by atoms with E-state index in [9.17, 15) is 9.59 Å². The van der Waals surface area contributed by atoms with Crippen molar-refractivity contribution in [3.05, 3.63) is 36.5 Å². The van der Waals surface area contributed by atoms with Crippen LogP contribution in [0.5, 0.6) is 0 Å². The van der Waals surface area contributed by atoms with Crippen molar-refractivity contribution in [1.82, 2.24) is 0 Å². The summed E-state index contributed by atoms with van der Waals surface area (Å²) in [6.45, 7) is 2.18. The summed E-state index contributed by atoms with van der Waals surface area (Å²) < 4.78 is 0. The molecule has 0 rings (SSSR count). The van der Waals surface area contributed by atoms with Crippen LogP contribution >= 0.6 is 0 Å². The van der Waals surface area contributed by atoms with Gasteiger partial charge in [-0.2, -0.15) is 0 Å². The van der Waals surface area contributed by atoms with Crippen molar-refractivity contribution in [2.24, 2.45) is 0 Å². The van der Waals surface area contributed by atoms with Gasteiger partial charge in [0.2, 0.25) is 0 Å². The molecule has 0 heterocycles. The number of rotatable bonds is 16. The molecule has 0 atom stereocenters. The molecule has 0 bridgehead atoms. The number of hydrogen-bond acceptors (Lipinski definition) is 2. The number of aliphatic carboxylic acids is 1. The van der Waals surface area contributed by atoms with Gasteiger partial charge >= 0.3 is 5.97 Å². The molecule has 0 aromatic heterocycles. The highest BCUT2D eigenvalue weighted by atomic mass is 16.4. The van der Waals surface area contributed by atoms with E-state index in [0.29, 0.717) is 12.2 Å². The van der Waals surface area contributed by atoms with E-state index < -0.39 is 5.97 Å². The van der Waals surface area contributed by atoms with E-state index in [2.05, 4.69) is 31.2 Å². The second-order valence-corrected chi connectivity index (χ2v) is 6.09. The van der Waals surface area contributed by atoms with E-state index >= 15 is 0 Å². The molecule has 136 valence electrons. The van der Waals surface area contributed by atoms with Gasteiger partial charge in [-0.1, -0.05) is 62.6 Å². The van der Waals surface area contributed by atoms with Crippen molar-refractivity contribution in [1.29, 1.82) is 0 Å². The Bertz CT molecular complexity index is 405. The molecule has 0 fully saturated rings. The molecule has 3 nitrogen and oxygen atoms in total. The second kappa shape index (κ2) is 17.7. The first-order chi connectivity index (χ1) is 11.7. The fourth-order valence-electron chi connectivity index (χ4n) is 2.28. The first-order valence-electron chi connectivity index (χ1n) is 9.37. The lowest BCUT2D eigenvalue weighted by atomic mass is 10.1. The van der Waals surface area contributed by atoms with Crippen LogP contribution in [0.1, 0.15) is 84.0 Å². The van der Waals surface area contributed by atoms with Crippen LogP contribution in [0.25, 0.3) is 0 Å². The number of allylic oxidation sites excluding steroid dienone is 6.